The molecule has 0 bridgehead atoms. The minimum atomic E-state index is -0.0462. The van der Waals surface area contributed by atoms with E-state index in [9.17, 15) is 0 Å². The number of hydrogen-bond acceptors (Lipinski definition) is 4. The molecule has 1 atom stereocenters. The standard InChI is InChI=1S/C17H14BrN5/c1-11-5-7-12(8-6-11)15-10-16(13-3-2-4-14(18)9-13)23-17(19-15)20-21-22-23/h2-10,16H,1H3,(H,19,20,22)/t16-/m0/s1. The van der Waals surface area contributed by atoms with Gasteiger partial charge in [-0.25, -0.2) is 0 Å². The maximum atomic E-state index is 4.12. The third-order valence-corrected chi connectivity index (χ3v) is 4.37. The van der Waals surface area contributed by atoms with Gasteiger partial charge in [-0.1, -0.05) is 63.0 Å². The molecule has 1 aliphatic rings. The number of nitrogens with one attached hydrogen (secondary N) is 1. The molecule has 6 heteroatoms. The zero-order valence-electron chi connectivity index (χ0n) is 12.4. The highest BCUT2D eigenvalue weighted by Gasteiger charge is 2.24. The van der Waals surface area contributed by atoms with Crippen LogP contribution < -0.4 is 5.32 Å². The van der Waals surface area contributed by atoms with E-state index in [0.717, 1.165) is 21.3 Å². The van der Waals surface area contributed by atoms with Crippen molar-refractivity contribution in [3.63, 3.8) is 0 Å². The van der Waals surface area contributed by atoms with Crippen LogP contribution in [-0.4, -0.2) is 20.2 Å². The molecule has 5 nitrogen and oxygen atoms in total. The van der Waals surface area contributed by atoms with Crippen LogP contribution in [0.4, 0.5) is 5.95 Å². The van der Waals surface area contributed by atoms with Crippen molar-refractivity contribution in [2.24, 2.45) is 0 Å². The van der Waals surface area contributed by atoms with Crippen molar-refractivity contribution in [1.29, 1.82) is 0 Å². The van der Waals surface area contributed by atoms with Crippen LogP contribution in [0.15, 0.2) is 59.1 Å². The van der Waals surface area contributed by atoms with Gasteiger partial charge in [0.25, 0.3) is 0 Å². The number of tetrazole rings is 1. The van der Waals surface area contributed by atoms with Gasteiger partial charge in [-0.3, -0.25) is 0 Å². The van der Waals surface area contributed by atoms with Crippen LogP contribution in [0.2, 0.25) is 0 Å². The van der Waals surface area contributed by atoms with Crippen molar-refractivity contribution < 1.29 is 0 Å². The summed E-state index contributed by atoms with van der Waals surface area (Å²) in [6, 6.07) is 16.6. The SMILES string of the molecule is Cc1ccc(C2=C[C@@H](c3cccc(Br)c3)n3nnnc3N2)cc1. The second-order valence-electron chi connectivity index (χ2n) is 5.52. The zero-order valence-corrected chi connectivity index (χ0v) is 14.0. The minimum absolute atomic E-state index is 0.0462. The van der Waals surface area contributed by atoms with Gasteiger partial charge >= 0.3 is 0 Å². The number of aryl methyl sites for hydroxylation is 1. The second-order valence-corrected chi connectivity index (χ2v) is 6.43. The number of anilines is 1. The van der Waals surface area contributed by atoms with Gasteiger partial charge in [0.1, 0.15) is 6.04 Å². The first-order valence-corrected chi connectivity index (χ1v) is 8.09. The smallest absolute Gasteiger partial charge is 0.248 e. The molecule has 0 saturated heterocycles. The number of benzene rings is 2. The Morgan fingerprint density at radius 2 is 1.96 bits per heavy atom. The van der Waals surface area contributed by atoms with E-state index in [4.69, 9.17) is 0 Å². The molecule has 4 rings (SSSR count). The van der Waals surface area contributed by atoms with Gasteiger partial charge < -0.3 is 5.32 Å². The van der Waals surface area contributed by atoms with Crippen LogP contribution in [0.1, 0.15) is 22.7 Å². The lowest BCUT2D eigenvalue weighted by Crippen LogP contribution is -2.20. The molecule has 23 heavy (non-hydrogen) atoms. The van der Waals surface area contributed by atoms with E-state index in [-0.39, 0.29) is 6.04 Å². The fourth-order valence-corrected chi connectivity index (χ4v) is 3.10. The number of nitrogens with zero attached hydrogens (tertiary/aromatic N) is 4. The molecule has 114 valence electrons. The molecule has 0 spiro atoms. The highest BCUT2D eigenvalue weighted by Crippen LogP contribution is 2.32. The zero-order chi connectivity index (χ0) is 15.8. The van der Waals surface area contributed by atoms with Crippen LogP contribution in [0.25, 0.3) is 5.70 Å². The molecule has 2 aromatic carbocycles. The van der Waals surface area contributed by atoms with E-state index in [2.05, 4.69) is 86.2 Å². The molecule has 0 unspecified atom stereocenters. The maximum Gasteiger partial charge on any atom is 0.248 e. The predicted molar refractivity (Wildman–Crippen MR) is 92.9 cm³/mol. The highest BCUT2D eigenvalue weighted by atomic mass is 79.9. The van der Waals surface area contributed by atoms with E-state index < -0.39 is 0 Å². The van der Waals surface area contributed by atoms with Crippen molar-refractivity contribution in [2.75, 3.05) is 5.32 Å². The summed E-state index contributed by atoms with van der Waals surface area (Å²) in [5.41, 5.74) is 4.49. The van der Waals surface area contributed by atoms with Crippen LogP contribution in [0, 0.1) is 6.92 Å². The maximum absolute atomic E-state index is 4.12. The Kier molecular flexibility index (Phi) is 3.46. The Bertz CT molecular complexity index is 882. The van der Waals surface area contributed by atoms with Crippen LogP contribution in [0.5, 0.6) is 0 Å². The first-order valence-electron chi connectivity index (χ1n) is 7.30. The molecule has 1 aliphatic heterocycles. The molecule has 0 aliphatic carbocycles. The summed E-state index contributed by atoms with van der Waals surface area (Å²) < 4.78 is 2.83. The molecule has 0 radical (unpaired) electrons. The molecule has 0 fully saturated rings. The lowest BCUT2D eigenvalue weighted by molar-refractivity contribution is 0.585. The first kappa shape index (κ1) is 14.1. The Balaban J connectivity index is 1.81. The van der Waals surface area contributed by atoms with Crippen molar-refractivity contribution in [2.45, 2.75) is 13.0 Å². The van der Waals surface area contributed by atoms with Crippen LogP contribution in [-0.2, 0) is 0 Å². The molecule has 1 aromatic heterocycles. The molecule has 0 saturated carbocycles. The molecule has 3 aromatic rings. The van der Waals surface area contributed by atoms with Crippen molar-refractivity contribution in [3.8, 4) is 0 Å². The van der Waals surface area contributed by atoms with Gasteiger partial charge in [0, 0.05) is 10.2 Å². The average molecular weight is 368 g/mol. The number of fused-ring (bicyclic) bond motifs is 1. The summed E-state index contributed by atoms with van der Waals surface area (Å²) in [7, 11) is 0. The monoisotopic (exact) mass is 367 g/mol. The predicted octanol–water partition coefficient (Wildman–Crippen LogP) is 3.80. The topological polar surface area (TPSA) is 55.6 Å². The van der Waals surface area contributed by atoms with E-state index in [1.54, 1.807) is 4.68 Å². The Labute approximate surface area is 142 Å². The molecule has 1 N–H and O–H groups in total. The first-order chi connectivity index (χ1) is 11.2. The van der Waals surface area contributed by atoms with Gasteiger partial charge in [-0.05, 0) is 46.7 Å². The summed E-state index contributed by atoms with van der Waals surface area (Å²) >= 11 is 3.53. The van der Waals surface area contributed by atoms with Gasteiger partial charge in [0.05, 0.1) is 0 Å². The van der Waals surface area contributed by atoms with Gasteiger partial charge in [0.2, 0.25) is 5.95 Å². The van der Waals surface area contributed by atoms with Gasteiger partial charge in [0.15, 0.2) is 0 Å². The Morgan fingerprint density at radius 3 is 2.74 bits per heavy atom. The summed E-state index contributed by atoms with van der Waals surface area (Å²) in [6.07, 6.45) is 2.15. The fraction of sp³-hybridized carbons (Fsp3) is 0.118. The van der Waals surface area contributed by atoms with Crippen molar-refractivity contribution in [3.05, 3.63) is 75.8 Å². The molecular weight excluding hydrogens is 354 g/mol. The average Bonchev–Trinajstić information content (AvgIpc) is 3.03. The molecular formula is C17H14BrN5. The van der Waals surface area contributed by atoms with E-state index in [0.29, 0.717) is 5.95 Å². The quantitative estimate of drug-likeness (QED) is 0.748. The normalized spacial score (nSPS) is 16.4. The summed E-state index contributed by atoms with van der Waals surface area (Å²) in [4.78, 5) is 0. The minimum Gasteiger partial charge on any atom is -0.323 e. The number of halogens is 1. The van der Waals surface area contributed by atoms with Gasteiger partial charge in [-0.2, -0.15) is 4.68 Å². The van der Waals surface area contributed by atoms with E-state index >= 15 is 0 Å². The lowest BCUT2D eigenvalue weighted by atomic mass is 10.0. The number of rotatable bonds is 2. The van der Waals surface area contributed by atoms with Gasteiger partial charge in [-0.15, -0.1) is 0 Å². The summed E-state index contributed by atoms with van der Waals surface area (Å²) in [6.45, 7) is 2.08. The second kappa shape index (κ2) is 5.62. The summed E-state index contributed by atoms with van der Waals surface area (Å²) in [5.74, 6) is 0.646. The third kappa shape index (κ3) is 2.66. The molecule has 0 amide bonds. The largest absolute Gasteiger partial charge is 0.323 e. The van der Waals surface area contributed by atoms with E-state index in [1.165, 1.54) is 5.56 Å². The third-order valence-electron chi connectivity index (χ3n) is 3.88. The number of aromatic nitrogens is 4. The summed E-state index contributed by atoms with van der Waals surface area (Å²) in [5, 5.41) is 15.3. The van der Waals surface area contributed by atoms with Crippen molar-refractivity contribution >= 4 is 27.6 Å². The van der Waals surface area contributed by atoms with Crippen LogP contribution in [0.3, 0.4) is 0 Å². The number of hydrogen-bond donors (Lipinski definition) is 1. The van der Waals surface area contributed by atoms with Crippen LogP contribution >= 0.6 is 15.9 Å². The lowest BCUT2D eigenvalue weighted by Gasteiger charge is -2.23. The van der Waals surface area contributed by atoms with Crippen molar-refractivity contribution in [1.82, 2.24) is 20.2 Å². The highest BCUT2D eigenvalue weighted by molar-refractivity contribution is 9.10. The fourth-order valence-electron chi connectivity index (χ4n) is 2.68. The molecule has 2 heterocycles. The van der Waals surface area contributed by atoms with E-state index in [1.807, 2.05) is 12.1 Å². The number of allylic oxidation sites excluding steroid dienone is 1. The Morgan fingerprint density at radius 1 is 1.13 bits per heavy atom. The Hall–Kier alpha value is -2.47.